The van der Waals surface area contributed by atoms with Crippen molar-refractivity contribution in [3.05, 3.63) is 71.3 Å². The molecule has 3 rings (SSSR count). The zero-order chi connectivity index (χ0) is 14.8. The van der Waals surface area contributed by atoms with Gasteiger partial charge in [-0.3, -0.25) is 4.79 Å². The Hall–Kier alpha value is -2.68. The number of aryl methyl sites for hydroxylation is 1. The molecule has 0 fully saturated rings. The monoisotopic (exact) mass is 276 g/mol. The molecule has 104 valence electrons. The first-order chi connectivity index (χ1) is 10.2. The number of anilines is 1. The van der Waals surface area contributed by atoms with Crippen LogP contribution in [0.1, 0.15) is 18.1 Å². The molecule has 0 spiro atoms. The molecule has 0 unspecified atom stereocenters. The van der Waals surface area contributed by atoms with Gasteiger partial charge >= 0.3 is 0 Å². The summed E-state index contributed by atoms with van der Waals surface area (Å²) < 4.78 is 0. The third-order valence-corrected chi connectivity index (χ3v) is 3.55. The summed E-state index contributed by atoms with van der Waals surface area (Å²) in [4.78, 5) is 12.6. The summed E-state index contributed by atoms with van der Waals surface area (Å²) in [7, 11) is 0. The lowest BCUT2D eigenvalue weighted by atomic mass is 10.0. The first-order valence-corrected chi connectivity index (χ1v) is 6.89. The predicted octanol–water partition coefficient (Wildman–Crippen LogP) is 3.80. The van der Waals surface area contributed by atoms with Gasteiger partial charge in [-0.2, -0.15) is 10.1 Å². The van der Waals surface area contributed by atoms with E-state index in [1.807, 2.05) is 74.5 Å². The van der Waals surface area contributed by atoms with E-state index in [-0.39, 0.29) is 5.91 Å². The molecule has 0 aromatic heterocycles. The molecule has 3 heteroatoms. The standard InChI is InChI=1S/C18H16N2O/c1-13-8-6-7-9-15(13)12-17-14(2)19-20(18(17)21)16-10-4-3-5-11-16/h3-12H,1-2H3. The zero-order valence-electron chi connectivity index (χ0n) is 12.1. The third kappa shape index (κ3) is 2.50. The Labute approximate surface area is 124 Å². The number of rotatable bonds is 2. The maximum atomic E-state index is 12.6. The predicted molar refractivity (Wildman–Crippen MR) is 86.2 cm³/mol. The summed E-state index contributed by atoms with van der Waals surface area (Å²) in [5.41, 5.74) is 4.37. The Morgan fingerprint density at radius 3 is 2.33 bits per heavy atom. The molecule has 0 atom stereocenters. The average molecular weight is 276 g/mol. The van der Waals surface area contributed by atoms with Crippen molar-refractivity contribution in [1.82, 2.24) is 0 Å². The van der Waals surface area contributed by atoms with Crippen LogP contribution in [0.2, 0.25) is 0 Å². The summed E-state index contributed by atoms with van der Waals surface area (Å²) in [6, 6.07) is 17.5. The Balaban J connectivity index is 1.98. The first-order valence-electron chi connectivity index (χ1n) is 6.89. The molecule has 0 N–H and O–H groups in total. The van der Waals surface area contributed by atoms with Crippen molar-refractivity contribution in [2.45, 2.75) is 13.8 Å². The number of hydrogen-bond acceptors (Lipinski definition) is 2. The number of hydrazone groups is 1. The van der Waals surface area contributed by atoms with E-state index < -0.39 is 0 Å². The van der Waals surface area contributed by atoms with Crippen molar-refractivity contribution < 1.29 is 4.79 Å². The molecule has 0 bridgehead atoms. The van der Waals surface area contributed by atoms with Crippen LogP contribution in [-0.2, 0) is 4.79 Å². The lowest BCUT2D eigenvalue weighted by Crippen LogP contribution is -2.21. The molecule has 0 saturated carbocycles. The van der Waals surface area contributed by atoms with Crippen LogP contribution in [0.25, 0.3) is 6.08 Å². The fraction of sp³-hybridized carbons (Fsp3) is 0.111. The van der Waals surface area contributed by atoms with Crippen molar-refractivity contribution in [2.24, 2.45) is 5.10 Å². The highest BCUT2D eigenvalue weighted by Crippen LogP contribution is 2.25. The number of carbonyl (C=O) groups is 1. The minimum Gasteiger partial charge on any atom is -0.267 e. The SMILES string of the molecule is CC1=NN(c2ccccc2)C(=O)C1=Cc1ccccc1C. The number of benzene rings is 2. The van der Waals surface area contributed by atoms with Crippen molar-refractivity contribution in [2.75, 3.05) is 5.01 Å². The number of para-hydroxylation sites is 1. The molecule has 1 heterocycles. The molecule has 2 aromatic carbocycles. The van der Waals surface area contributed by atoms with Crippen molar-refractivity contribution >= 4 is 23.4 Å². The van der Waals surface area contributed by atoms with E-state index in [2.05, 4.69) is 5.10 Å². The van der Waals surface area contributed by atoms with Gasteiger partial charge in [0.25, 0.3) is 5.91 Å². The second kappa shape index (κ2) is 5.37. The minimum absolute atomic E-state index is 0.0815. The number of amides is 1. The van der Waals surface area contributed by atoms with E-state index in [9.17, 15) is 4.79 Å². The van der Waals surface area contributed by atoms with Crippen molar-refractivity contribution in [1.29, 1.82) is 0 Å². The van der Waals surface area contributed by atoms with Crippen LogP contribution in [0.15, 0.2) is 65.3 Å². The molecule has 2 aromatic rings. The number of nitrogens with zero attached hydrogens (tertiary/aromatic N) is 2. The van der Waals surface area contributed by atoms with Gasteiger partial charge in [0.05, 0.1) is 17.0 Å². The molecule has 1 aliphatic rings. The summed E-state index contributed by atoms with van der Waals surface area (Å²) in [6.45, 7) is 3.90. The smallest absolute Gasteiger partial charge is 0.267 e. The Kier molecular flexibility index (Phi) is 3.40. The minimum atomic E-state index is -0.0815. The Morgan fingerprint density at radius 2 is 1.62 bits per heavy atom. The van der Waals surface area contributed by atoms with Gasteiger partial charge in [-0.05, 0) is 43.2 Å². The molecule has 3 nitrogen and oxygen atoms in total. The average Bonchev–Trinajstić information content (AvgIpc) is 2.78. The summed E-state index contributed by atoms with van der Waals surface area (Å²) in [5.74, 6) is -0.0815. The Morgan fingerprint density at radius 1 is 0.952 bits per heavy atom. The highest BCUT2D eigenvalue weighted by atomic mass is 16.2. The van der Waals surface area contributed by atoms with Crippen LogP contribution in [-0.4, -0.2) is 11.6 Å². The highest BCUT2D eigenvalue weighted by Gasteiger charge is 2.28. The van der Waals surface area contributed by atoms with Gasteiger partial charge in [-0.1, -0.05) is 42.5 Å². The fourth-order valence-corrected chi connectivity index (χ4v) is 2.33. The first kappa shape index (κ1) is 13.3. The quantitative estimate of drug-likeness (QED) is 0.768. The van der Waals surface area contributed by atoms with Crippen LogP contribution >= 0.6 is 0 Å². The van der Waals surface area contributed by atoms with E-state index in [1.165, 1.54) is 5.01 Å². The second-order valence-corrected chi connectivity index (χ2v) is 5.05. The molecule has 0 aliphatic carbocycles. The Bertz CT molecular complexity index is 745. The van der Waals surface area contributed by atoms with E-state index in [0.717, 1.165) is 22.5 Å². The van der Waals surface area contributed by atoms with Crippen LogP contribution in [0.5, 0.6) is 0 Å². The van der Waals surface area contributed by atoms with Crippen LogP contribution in [0.4, 0.5) is 5.69 Å². The van der Waals surface area contributed by atoms with Gasteiger partial charge in [0.1, 0.15) is 0 Å². The number of hydrogen-bond donors (Lipinski definition) is 0. The van der Waals surface area contributed by atoms with Gasteiger partial charge in [0.15, 0.2) is 0 Å². The summed E-state index contributed by atoms with van der Waals surface area (Å²) >= 11 is 0. The lowest BCUT2D eigenvalue weighted by Gasteiger charge is -2.11. The molecule has 1 aliphatic heterocycles. The molecular weight excluding hydrogens is 260 g/mol. The van der Waals surface area contributed by atoms with Crippen LogP contribution < -0.4 is 5.01 Å². The summed E-state index contributed by atoms with van der Waals surface area (Å²) in [5, 5.41) is 5.84. The van der Waals surface area contributed by atoms with E-state index in [0.29, 0.717) is 5.57 Å². The van der Waals surface area contributed by atoms with E-state index >= 15 is 0 Å². The van der Waals surface area contributed by atoms with Crippen molar-refractivity contribution in [3.8, 4) is 0 Å². The number of carbonyl (C=O) groups excluding carboxylic acids is 1. The van der Waals surface area contributed by atoms with Gasteiger partial charge in [-0.25, -0.2) is 0 Å². The van der Waals surface area contributed by atoms with Gasteiger partial charge < -0.3 is 0 Å². The fourth-order valence-electron chi connectivity index (χ4n) is 2.33. The van der Waals surface area contributed by atoms with Gasteiger partial charge in [0, 0.05) is 0 Å². The largest absolute Gasteiger partial charge is 0.280 e. The zero-order valence-corrected chi connectivity index (χ0v) is 12.1. The van der Waals surface area contributed by atoms with Crippen LogP contribution in [0.3, 0.4) is 0 Å². The van der Waals surface area contributed by atoms with Gasteiger partial charge in [-0.15, -0.1) is 0 Å². The van der Waals surface area contributed by atoms with Crippen LogP contribution in [0, 0.1) is 6.92 Å². The second-order valence-electron chi connectivity index (χ2n) is 5.05. The van der Waals surface area contributed by atoms with Gasteiger partial charge in [0.2, 0.25) is 0 Å². The molecule has 1 amide bonds. The molecule has 21 heavy (non-hydrogen) atoms. The third-order valence-electron chi connectivity index (χ3n) is 3.55. The normalized spacial score (nSPS) is 16.5. The highest BCUT2D eigenvalue weighted by molar-refractivity contribution is 6.32. The summed E-state index contributed by atoms with van der Waals surface area (Å²) in [6.07, 6.45) is 1.92. The molecular formula is C18H16N2O. The molecule has 0 radical (unpaired) electrons. The maximum absolute atomic E-state index is 12.6. The topological polar surface area (TPSA) is 32.7 Å². The maximum Gasteiger partial charge on any atom is 0.280 e. The van der Waals surface area contributed by atoms with E-state index in [4.69, 9.17) is 0 Å². The van der Waals surface area contributed by atoms with Crippen molar-refractivity contribution in [3.63, 3.8) is 0 Å². The van der Waals surface area contributed by atoms with E-state index in [1.54, 1.807) is 0 Å². The molecule has 0 saturated heterocycles. The lowest BCUT2D eigenvalue weighted by molar-refractivity contribution is -0.114.